The Hall–Kier alpha value is -0.610. The lowest BCUT2D eigenvalue weighted by Gasteiger charge is -2.32. The minimum atomic E-state index is -0.625. The molecule has 17 heavy (non-hydrogen) atoms. The van der Waals surface area contributed by atoms with E-state index >= 15 is 0 Å². The third-order valence-corrected chi connectivity index (χ3v) is 3.52. The van der Waals surface area contributed by atoms with Crippen molar-refractivity contribution in [3.8, 4) is 0 Å². The molecular weight excluding hydrogens is 238 g/mol. The van der Waals surface area contributed by atoms with Crippen LogP contribution < -0.4 is 5.32 Å². The Kier molecular flexibility index (Phi) is 4.40. The molecule has 2 rings (SSSR count). The van der Waals surface area contributed by atoms with Gasteiger partial charge < -0.3 is 15.2 Å². The number of hydrogen-bond acceptors (Lipinski definition) is 3. The number of halogens is 1. The highest BCUT2D eigenvalue weighted by atomic mass is 35.5. The number of nitrogens with one attached hydrogen (secondary N) is 1. The summed E-state index contributed by atoms with van der Waals surface area (Å²) in [4.78, 5) is 0. The van der Waals surface area contributed by atoms with Gasteiger partial charge in [0.05, 0.1) is 5.60 Å². The number of benzene rings is 1. The SMILES string of the molecule is OC1(CNCc2ccccc2Cl)CCOCC1. The summed E-state index contributed by atoms with van der Waals surface area (Å²) < 4.78 is 5.24. The Bertz CT molecular complexity index is 364. The Labute approximate surface area is 107 Å². The Morgan fingerprint density at radius 2 is 2.00 bits per heavy atom. The second kappa shape index (κ2) is 5.83. The summed E-state index contributed by atoms with van der Waals surface area (Å²) in [6.45, 7) is 2.55. The van der Waals surface area contributed by atoms with Gasteiger partial charge in [-0.15, -0.1) is 0 Å². The molecule has 0 unspecified atom stereocenters. The fourth-order valence-electron chi connectivity index (χ4n) is 2.00. The van der Waals surface area contributed by atoms with Crippen molar-refractivity contribution in [1.29, 1.82) is 0 Å². The van der Waals surface area contributed by atoms with Crippen molar-refractivity contribution in [2.45, 2.75) is 25.0 Å². The predicted octanol–water partition coefficient (Wildman–Crippen LogP) is 1.97. The van der Waals surface area contributed by atoms with Crippen molar-refractivity contribution in [1.82, 2.24) is 5.32 Å². The molecule has 2 N–H and O–H groups in total. The lowest BCUT2D eigenvalue weighted by atomic mass is 9.94. The van der Waals surface area contributed by atoms with Crippen LogP contribution in [-0.4, -0.2) is 30.5 Å². The van der Waals surface area contributed by atoms with Crippen LogP contribution in [0.3, 0.4) is 0 Å². The summed E-state index contributed by atoms with van der Waals surface area (Å²) >= 11 is 6.06. The van der Waals surface area contributed by atoms with Gasteiger partial charge in [-0.1, -0.05) is 29.8 Å². The highest BCUT2D eigenvalue weighted by Gasteiger charge is 2.29. The summed E-state index contributed by atoms with van der Waals surface area (Å²) in [5.74, 6) is 0. The highest BCUT2D eigenvalue weighted by molar-refractivity contribution is 6.31. The maximum absolute atomic E-state index is 10.2. The number of rotatable bonds is 4. The standard InChI is InChI=1S/C13H18ClNO2/c14-12-4-2-1-3-11(12)9-15-10-13(16)5-7-17-8-6-13/h1-4,15-16H,5-10H2. The monoisotopic (exact) mass is 255 g/mol. The largest absolute Gasteiger partial charge is 0.388 e. The van der Waals surface area contributed by atoms with Crippen molar-refractivity contribution in [3.05, 3.63) is 34.9 Å². The molecular formula is C13H18ClNO2. The second-order valence-corrected chi connectivity index (χ2v) is 4.94. The smallest absolute Gasteiger partial charge is 0.0815 e. The molecule has 3 nitrogen and oxygen atoms in total. The third-order valence-electron chi connectivity index (χ3n) is 3.15. The predicted molar refractivity (Wildman–Crippen MR) is 68.2 cm³/mol. The number of hydrogen-bond donors (Lipinski definition) is 2. The average Bonchev–Trinajstić information content (AvgIpc) is 2.32. The zero-order valence-corrected chi connectivity index (χ0v) is 10.5. The zero-order chi connectivity index (χ0) is 12.1. The van der Waals surface area contributed by atoms with Gasteiger partial charge in [-0.2, -0.15) is 0 Å². The number of ether oxygens (including phenoxy) is 1. The van der Waals surface area contributed by atoms with Crippen LogP contribution >= 0.6 is 11.6 Å². The van der Waals surface area contributed by atoms with Crippen LogP contribution in [0.15, 0.2) is 24.3 Å². The topological polar surface area (TPSA) is 41.5 Å². The van der Waals surface area contributed by atoms with Crippen LogP contribution in [0.5, 0.6) is 0 Å². The van der Waals surface area contributed by atoms with Gasteiger partial charge in [-0.3, -0.25) is 0 Å². The van der Waals surface area contributed by atoms with Gasteiger partial charge in [0.15, 0.2) is 0 Å². The first-order chi connectivity index (χ1) is 8.20. The molecule has 0 atom stereocenters. The molecule has 0 spiro atoms. The van der Waals surface area contributed by atoms with E-state index < -0.39 is 5.60 Å². The van der Waals surface area contributed by atoms with Gasteiger partial charge in [-0.05, 0) is 11.6 Å². The van der Waals surface area contributed by atoms with Crippen molar-refractivity contribution >= 4 is 11.6 Å². The molecule has 1 aliphatic rings. The van der Waals surface area contributed by atoms with Crippen molar-refractivity contribution in [2.24, 2.45) is 0 Å². The minimum absolute atomic E-state index is 0.585. The van der Waals surface area contributed by atoms with Gasteiger partial charge >= 0.3 is 0 Å². The van der Waals surface area contributed by atoms with Crippen LogP contribution in [0.2, 0.25) is 5.02 Å². The van der Waals surface area contributed by atoms with Gasteiger partial charge in [0, 0.05) is 44.2 Å². The van der Waals surface area contributed by atoms with E-state index in [4.69, 9.17) is 16.3 Å². The van der Waals surface area contributed by atoms with Gasteiger partial charge in [0.25, 0.3) is 0 Å². The fourth-order valence-corrected chi connectivity index (χ4v) is 2.20. The summed E-state index contributed by atoms with van der Waals surface area (Å²) in [5.41, 5.74) is 0.435. The van der Waals surface area contributed by atoms with E-state index in [1.165, 1.54) is 0 Å². The molecule has 1 heterocycles. The average molecular weight is 256 g/mol. The first kappa shape index (κ1) is 12.8. The van der Waals surface area contributed by atoms with E-state index in [1.807, 2.05) is 24.3 Å². The molecule has 0 aliphatic carbocycles. The molecule has 1 aliphatic heterocycles. The van der Waals surface area contributed by atoms with E-state index in [0.29, 0.717) is 39.1 Å². The van der Waals surface area contributed by atoms with Gasteiger partial charge in [0.1, 0.15) is 0 Å². The van der Waals surface area contributed by atoms with Crippen LogP contribution in [0.4, 0.5) is 0 Å². The summed E-state index contributed by atoms with van der Waals surface area (Å²) in [7, 11) is 0. The Morgan fingerprint density at radius 3 is 2.71 bits per heavy atom. The molecule has 0 bridgehead atoms. The summed E-state index contributed by atoms with van der Waals surface area (Å²) in [5, 5.41) is 14.3. The van der Waals surface area contributed by atoms with Crippen molar-refractivity contribution < 1.29 is 9.84 Å². The Morgan fingerprint density at radius 1 is 1.29 bits per heavy atom. The molecule has 1 fully saturated rings. The summed E-state index contributed by atoms with van der Waals surface area (Å²) in [6.07, 6.45) is 1.39. The zero-order valence-electron chi connectivity index (χ0n) is 9.79. The van der Waals surface area contributed by atoms with Crippen LogP contribution in [-0.2, 0) is 11.3 Å². The van der Waals surface area contributed by atoms with Crippen molar-refractivity contribution in [3.63, 3.8) is 0 Å². The normalized spacial score (nSPS) is 19.2. The van der Waals surface area contributed by atoms with Gasteiger partial charge in [0.2, 0.25) is 0 Å². The molecule has 0 saturated carbocycles. The molecule has 0 aromatic heterocycles. The highest BCUT2D eigenvalue weighted by Crippen LogP contribution is 2.20. The minimum Gasteiger partial charge on any atom is -0.388 e. The van der Waals surface area contributed by atoms with E-state index in [2.05, 4.69) is 5.32 Å². The molecule has 0 radical (unpaired) electrons. The second-order valence-electron chi connectivity index (χ2n) is 4.53. The lowest BCUT2D eigenvalue weighted by Crippen LogP contribution is -2.44. The first-order valence-electron chi connectivity index (χ1n) is 5.94. The molecule has 1 saturated heterocycles. The molecule has 1 aromatic carbocycles. The first-order valence-corrected chi connectivity index (χ1v) is 6.32. The Balaban J connectivity index is 1.81. The van der Waals surface area contributed by atoms with E-state index in [0.717, 1.165) is 10.6 Å². The third kappa shape index (κ3) is 3.68. The maximum Gasteiger partial charge on any atom is 0.0815 e. The van der Waals surface area contributed by atoms with Crippen LogP contribution in [0, 0.1) is 0 Å². The maximum atomic E-state index is 10.2. The lowest BCUT2D eigenvalue weighted by molar-refractivity contribution is -0.0617. The van der Waals surface area contributed by atoms with E-state index in [1.54, 1.807) is 0 Å². The number of aliphatic hydroxyl groups is 1. The van der Waals surface area contributed by atoms with E-state index in [-0.39, 0.29) is 0 Å². The quantitative estimate of drug-likeness (QED) is 0.865. The van der Waals surface area contributed by atoms with E-state index in [9.17, 15) is 5.11 Å². The summed E-state index contributed by atoms with van der Waals surface area (Å²) in [6, 6.07) is 7.75. The van der Waals surface area contributed by atoms with Crippen LogP contribution in [0.1, 0.15) is 18.4 Å². The molecule has 0 amide bonds. The molecule has 4 heteroatoms. The molecule has 94 valence electrons. The fraction of sp³-hybridized carbons (Fsp3) is 0.538. The van der Waals surface area contributed by atoms with Crippen molar-refractivity contribution in [2.75, 3.05) is 19.8 Å². The van der Waals surface area contributed by atoms with Crippen LogP contribution in [0.25, 0.3) is 0 Å². The molecule has 1 aromatic rings. The van der Waals surface area contributed by atoms with Gasteiger partial charge in [-0.25, -0.2) is 0 Å².